The molecular weight excluding hydrogens is 343 g/mol. The molecule has 0 spiro atoms. The van der Waals surface area contributed by atoms with Crippen LogP contribution in [0.4, 0.5) is 4.39 Å². The molecular formula is C15H15BrClFN2. The number of rotatable bonds is 4. The fraction of sp³-hybridized carbons (Fsp3) is 0.200. The second-order valence-corrected chi connectivity index (χ2v) is 6.01. The second kappa shape index (κ2) is 6.68. The average molecular weight is 358 g/mol. The van der Waals surface area contributed by atoms with E-state index >= 15 is 0 Å². The van der Waals surface area contributed by atoms with E-state index in [2.05, 4.69) is 21.4 Å². The lowest BCUT2D eigenvalue weighted by molar-refractivity contribution is 0.527. The molecule has 1 atom stereocenters. The lowest BCUT2D eigenvalue weighted by atomic mass is 9.95. The predicted octanol–water partition coefficient (Wildman–Crippen LogP) is 4.30. The predicted molar refractivity (Wildman–Crippen MR) is 84.1 cm³/mol. The van der Waals surface area contributed by atoms with Crippen LogP contribution in [0, 0.1) is 12.7 Å². The number of hydrogen-bond acceptors (Lipinski definition) is 2. The molecule has 20 heavy (non-hydrogen) atoms. The van der Waals surface area contributed by atoms with Gasteiger partial charge in [-0.2, -0.15) is 0 Å². The normalized spacial score (nSPS) is 12.4. The topological polar surface area (TPSA) is 38.0 Å². The molecule has 5 heteroatoms. The van der Waals surface area contributed by atoms with Gasteiger partial charge in [0.2, 0.25) is 0 Å². The molecule has 2 rings (SSSR count). The van der Waals surface area contributed by atoms with Crippen LogP contribution in [0.1, 0.15) is 22.7 Å². The highest BCUT2D eigenvalue weighted by atomic mass is 79.9. The summed E-state index contributed by atoms with van der Waals surface area (Å²) in [5, 5.41) is 0.391. The SMILES string of the molecule is Cc1ccc(Br)cc1C(Cc1ccc(Cl)cc1F)NN. The first-order valence-electron chi connectivity index (χ1n) is 6.17. The Balaban J connectivity index is 2.31. The average Bonchev–Trinajstić information content (AvgIpc) is 2.41. The number of hydrazine groups is 1. The van der Waals surface area contributed by atoms with E-state index in [1.807, 2.05) is 25.1 Å². The van der Waals surface area contributed by atoms with Gasteiger partial charge in [-0.15, -0.1) is 0 Å². The first kappa shape index (κ1) is 15.4. The first-order chi connectivity index (χ1) is 9.51. The van der Waals surface area contributed by atoms with Crippen molar-refractivity contribution >= 4 is 27.5 Å². The van der Waals surface area contributed by atoms with Crippen molar-refractivity contribution in [2.75, 3.05) is 0 Å². The molecule has 2 aromatic rings. The summed E-state index contributed by atoms with van der Waals surface area (Å²) in [6.07, 6.45) is 0.455. The van der Waals surface area contributed by atoms with Gasteiger partial charge >= 0.3 is 0 Å². The van der Waals surface area contributed by atoms with Gasteiger partial charge in [-0.1, -0.05) is 39.7 Å². The van der Waals surface area contributed by atoms with Crippen LogP contribution < -0.4 is 11.3 Å². The summed E-state index contributed by atoms with van der Waals surface area (Å²) in [5.74, 6) is 5.32. The molecule has 0 heterocycles. The number of nitrogens with one attached hydrogen (secondary N) is 1. The largest absolute Gasteiger partial charge is 0.271 e. The van der Waals surface area contributed by atoms with Crippen molar-refractivity contribution < 1.29 is 4.39 Å². The highest BCUT2D eigenvalue weighted by Gasteiger charge is 2.15. The Bertz CT molecular complexity index is 619. The summed E-state index contributed by atoms with van der Waals surface area (Å²) in [4.78, 5) is 0. The third-order valence-corrected chi connectivity index (χ3v) is 3.99. The van der Waals surface area contributed by atoms with Gasteiger partial charge in [-0.3, -0.25) is 11.3 Å². The van der Waals surface area contributed by atoms with Gasteiger partial charge in [-0.25, -0.2) is 4.39 Å². The summed E-state index contributed by atoms with van der Waals surface area (Å²) >= 11 is 9.21. The molecule has 2 aromatic carbocycles. The number of hydrogen-bond donors (Lipinski definition) is 2. The fourth-order valence-electron chi connectivity index (χ4n) is 2.15. The van der Waals surface area contributed by atoms with Crippen molar-refractivity contribution in [2.45, 2.75) is 19.4 Å². The van der Waals surface area contributed by atoms with E-state index in [4.69, 9.17) is 17.4 Å². The van der Waals surface area contributed by atoms with Crippen molar-refractivity contribution in [3.63, 3.8) is 0 Å². The van der Waals surface area contributed by atoms with Crippen LogP contribution in [-0.4, -0.2) is 0 Å². The molecule has 0 fully saturated rings. The van der Waals surface area contributed by atoms with Gasteiger partial charge < -0.3 is 0 Å². The molecule has 1 unspecified atom stereocenters. The molecule has 2 nitrogen and oxygen atoms in total. The Hall–Kier alpha value is -0.940. The lowest BCUT2D eigenvalue weighted by Gasteiger charge is -2.19. The molecule has 0 aliphatic heterocycles. The quantitative estimate of drug-likeness (QED) is 0.632. The Morgan fingerprint density at radius 2 is 2.05 bits per heavy atom. The van der Waals surface area contributed by atoms with Crippen LogP contribution in [0.2, 0.25) is 5.02 Å². The third kappa shape index (κ3) is 3.58. The van der Waals surface area contributed by atoms with Crippen molar-refractivity contribution in [3.05, 3.63) is 68.4 Å². The first-order valence-corrected chi connectivity index (χ1v) is 7.34. The summed E-state index contributed by atoms with van der Waals surface area (Å²) in [6, 6.07) is 10.5. The zero-order valence-electron chi connectivity index (χ0n) is 11.0. The molecule has 0 radical (unpaired) electrons. The van der Waals surface area contributed by atoms with Crippen molar-refractivity contribution in [2.24, 2.45) is 5.84 Å². The molecule has 0 saturated carbocycles. The summed E-state index contributed by atoms with van der Waals surface area (Å²) in [6.45, 7) is 2.00. The van der Waals surface area contributed by atoms with Gasteiger partial charge in [0.1, 0.15) is 5.82 Å². The number of nitrogens with two attached hydrogens (primary N) is 1. The van der Waals surface area contributed by atoms with E-state index in [9.17, 15) is 4.39 Å². The summed E-state index contributed by atoms with van der Waals surface area (Å²) < 4.78 is 14.8. The maximum atomic E-state index is 13.9. The molecule has 0 aliphatic carbocycles. The minimum atomic E-state index is -0.314. The fourth-order valence-corrected chi connectivity index (χ4v) is 2.69. The van der Waals surface area contributed by atoms with Crippen molar-refractivity contribution in [1.29, 1.82) is 0 Å². The van der Waals surface area contributed by atoms with Crippen molar-refractivity contribution in [3.8, 4) is 0 Å². The van der Waals surface area contributed by atoms with Gasteiger partial charge in [0.25, 0.3) is 0 Å². The lowest BCUT2D eigenvalue weighted by Crippen LogP contribution is -2.30. The van der Waals surface area contributed by atoms with Crippen LogP contribution in [0.3, 0.4) is 0 Å². The molecule has 106 valence electrons. The molecule has 0 saturated heterocycles. The van der Waals surface area contributed by atoms with Crippen LogP contribution in [0.5, 0.6) is 0 Å². The smallest absolute Gasteiger partial charge is 0.127 e. The van der Waals surface area contributed by atoms with Crippen LogP contribution in [0.25, 0.3) is 0 Å². The Labute approximate surface area is 131 Å². The standard InChI is InChI=1S/C15H15BrClFN2/c1-9-2-4-11(16)7-13(9)15(20-19)6-10-3-5-12(17)8-14(10)18/h2-5,7-8,15,20H,6,19H2,1H3. The highest BCUT2D eigenvalue weighted by molar-refractivity contribution is 9.10. The summed E-state index contributed by atoms with van der Waals surface area (Å²) in [7, 11) is 0. The minimum absolute atomic E-state index is 0.164. The van der Waals surface area contributed by atoms with Crippen LogP contribution >= 0.6 is 27.5 Å². The van der Waals surface area contributed by atoms with E-state index in [-0.39, 0.29) is 11.9 Å². The van der Waals surface area contributed by atoms with Crippen LogP contribution in [-0.2, 0) is 6.42 Å². The molecule has 0 aromatic heterocycles. The Kier molecular flexibility index (Phi) is 5.16. The van der Waals surface area contributed by atoms with E-state index in [1.54, 1.807) is 12.1 Å². The number of aryl methyl sites for hydroxylation is 1. The zero-order chi connectivity index (χ0) is 14.7. The number of halogens is 3. The van der Waals surface area contributed by atoms with E-state index in [0.717, 1.165) is 15.6 Å². The Morgan fingerprint density at radius 1 is 1.30 bits per heavy atom. The molecule has 3 N–H and O–H groups in total. The monoisotopic (exact) mass is 356 g/mol. The van der Waals surface area contributed by atoms with E-state index in [1.165, 1.54) is 6.07 Å². The zero-order valence-corrected chi connectivity index (χ0v) is 13.3. The van der Waals surface area contributed by atoms with Gasteiger partial charge in [0, 0.05) is 9.50 Å². The van der Waals surface area contributed by atoms with Gasteiger partial charge in [0.05, 0.1) is 6.04 Å². The van der Waals surface area contributed by atoms with Gasteiger partial charge in [-0.05, 0) is 54.3 Å². The maximum absolute atomic E-state index is 13.9. The maximum Gasteiger partial charge on any atom is 0.127 e. The minimum Gasteiger partial charge on any atom is -0.271 e. The molecule has 0 bridgehead atoms. The number of benzene rings is 2. The Morgan fingerprint density at radius 3 is 2.70 bits per heavy atom. The second-order valence-electron chi connectivity index (χ2n) is 4.66. The summed E-state index contributed by atoms with van der Waals surface area (Å²) in [5.41, 5.74) is 5.48. The van der Waals surface area contributed by atoms with E-state index in [0.29, 0.717) is 17.0 Å². The molecule has 0 amide bonds. The van der Waals surface area contributed by atoms with E-state index < -0.39 is 0 Å². The van der Waals surface area contributed by atoms with Crippen molar-refractivity contribution in [1.82, 2.24) is 5.43 Å². The van der Waals surface area contributed by atoms with Crippen LogP contribution in [0.15, 0.2) is 40.9 Å². The highest BCUT2D eigenvalue weighted by Crippen LogP contribution is 2.26. The molecule has 0 aliphatic rings. The third-order valence-electron chi connectivity index (χ3n) is 3.26. The van der Waals surface area contributed by atoms with Gasteiger partial charge in [0.15, 0.2) is 0 Å².